The lowest BCUT2D eigenvalue weighted by Crippen LogP contribution is -2.42. The van der Waals surface area contributed by atoms with Gasteiger partial charge in [0.1, 0.15) is 5.69 Å². The molecule has 0 aromatic carbocycles. The molecule has 1 aliphatic rings. The summed E-state index contributed by atoms with van der Waals surface area (Å²) in [5.41, 5.74) is 0.372. The zero-order valence-electron chi connectivity index (χ0n) is 8.18. The van der Waals surface area contributed by atoms with Crippen LogP contribution in [0.15, 0.2) is 24.4 Å². The number of rotatable bonds is 2. The Kier molecular flexibility index (Phi) is 2.94. The van der Waals surface area contributed by atoms with E-state index in [9.17, 15) is 9.90 Å². The Balaban J connectivity index is 1.98. The number of hydrogen-bond acceptors (Lipinski definition) is 4. The monoisotopic (exact) mass is 207 g/mol. The van der Waals surface area contributed by atoms with Gasteiger partial charge in [-0.3, -0.25) is 9.78 Å². The van der Waals surface area contributed by atoms with E-state index in [0.717, 1.165) is 0 Å². The molecule has 5 nitrogen and oxygen atoms in total. The van der Waals surface area contributed by atoms with Gasteiger partial charge in [0.05, 0.1) is 12.1 Å². The highest BCUT2D eigenvalue weighted by Gasteiger charge is 2.26. The van der Waals surface area contributed by atoms with Crippen molar-refractivity contribution in [3.63, 3.8) is 0 Å². The highest BCUT2D eigenvalue weighted by molar-refractivity contribution is 5.92. The maximum absolute atomic E-state index is 11.6. The van der Waals surface area contributed by atoms with Crippen molar-refractivity contribution < 1.29 is 9.90 Å². The molecule has 1 aromatic heterocycles. The van der Waals surface area contributed by atoms with Crippen LogP contribution in [0.3, 0.4) is 0 Å². The number of aliphatic hydroxyl groups excluding tert-OH is 1. The van der Waals surface area contributed by atoms with Gasteiger partial charge in [0.25, 0.3) is 5.91 Å². The number of pyridine rings is 1. The predicted octanol–water partition coefficient (Wildman–Crippen LogP) is -0.856. The lowest BCUT2D eigenvalue weighted by molar-refractivity contribution is 0.0884. The lowest BCUT2D eigenvalue weighted by Gasteiger charge is -2.14. The number of nitrogens with one attached hydrogen (secondary N) is 2. The van der Waals surface area contributed by atoms with Crippen molar-refractivity contribution in [2.24, 2.45) is 0 Å². The van der Waals surface area contributed by atoms with Crippen molar-refractivity contribution in [2.75, 3.05) is 13.1 Å². The molecule has 2 atom stereocenters. The summed E-state index contributed by atoms with van der Waals surface area (Å²) in [4.78, 5) is 15.6. The Hall–Kier alpha value is -1.46. The van der Waals surface area contributed by atoms with E-state index in [1.807, 2.05) is 0 Å². The van der Waals surface area contributed by atoms with E-state index in [4.69, 9.17) is 0 Å². The third kappa shape index (κ3) is 2.31. The van der Waals surface area contributed by atoms with Crippen LogP contribution in [-0.2, 0) is 0 Å². The zero-order chi connectivity index (χ0) is 10.7. The average molecular weight is 207 g/mol. The largest absolute Gasteiger partial charge is 0.390 e. The molecule has 15 heavy (non-hydrogen) atoms. The third-order valence-electron chi connectivity index (χ3n) is 2.40. The third-order valence-corrected chi connectivity index (χ3v) is 2.40. The maximum Gasteiger partial charge on any atom is 0.270 e. The summed E-state index contributed by atoms with van der Waals surface area (Å²) in [6, 6.07) is 4.93. The number of amides is 1. The van der Waals surface area contributed by atoms with Gasteiger partial charge >= 0.3 is 0 Å². The van der Waals surface area contributed by atoms with Crippen LogP contribution in [0.25, 0.3) is 0 Å². The molecule has 1 saturated heterocycles. The van der Waals surface area contributed by atoms with Gasteiger partial charge in [-0.25, -0.2) is 0 Å². The van der Waals surface area contributed by atoms with Gasteiger partial charge in [-0.2, -0.15) is 0 Å². The van der Waals surface area contributed by atoms with Crippen molar-refractivity contribution in [3.05, 3.63) is 30.1 Å². The van der Waals surface area contributed by atoms with Crippen LogP contribution in [0.1, 0.15) is 10.5 Å². The summed E-state index contributed by atoms with van der Waals surface area (Å²) < 4.78 is 0. The second-order valence-corrected chi connectivity index (χ2v) is 3.52. The van der Waals surface area contributed by atoms with Crippen molar-refractivity contribution in [2.45, 2.75) is 12.1 Å². The van der Waals surface area contributed by atoms with E-state index >= 15 is 0 Å². The number of hydrogen-bond donors (Lipinski definition) is 3. The SMILES string of the molecule is O=C(N[C@@H]1CNC[C@H]1O)c1ccccn1. The molecule has 0 bridgehead atoms. The van der Waals surface area contributed by atoms with Crippen molar-refractivity contribution in [1.29, 1.82) is 0 Å². The minimum atomic E-state index is -0.516. The molecule has 1 amide bonds. The normalized spacial score (nSPS) is 25.1. The van der Waals surface area contributed by atoms with Gasteiger partial charge < -0.3 is 15.7 Å². The Bertz CT molecular complexity index is 342. The van der Waals surface area contributed by atoms with Crippen molar-refractivity contribution in [1.82, 2.24) is 15.6 Å². The molecule has 0 saturated carbocycles. The number of β-amino-alcohol motifs (C(OH)–C–C–N with tert-alkyl or cyclic N) is 1. The smallest absolute Gasteiger partial charge is 0.270 e. The van der Waals surface area contributed by atoms with Crippen LogP contribution < -0.4 is 10.6 Å². The first-order valence-corrected chi connectivity index (χ1v) is 4.88. The van der Waals surface area contributed by atoms with Crippen LogP contribution >= 0.6 is 0 Å². The minimum Gasteiger partial charge on any atom is -0.390 e. The Labute approximate surface area is 87.5 Å². The predicted molar refractivity (Wildman–Crippen MR) is 54.4 cm³/mol. The minimum absolute atomic E-state index is 0.223. The fraction of sp³-hybridized carbons (Fsp3) is 0.400. The summed E-state index contributed by atoms with van der Waals surface area (Å²) >= 11 is 0. The van der Waals surface area contributed by atoms with Crippen LogP contribution in [0, 0.1) is 0 Å². The standard InChI is InChI=1S/C10H13N3O2/c14-9-6-11-5-8(9)13-10(15)7-3-1-2-4-12-7/h1-4,8-9,11,14H,5-6H2,(H,13,15)/t8-,9-/m1/s1. The highest BCUT2D eigenvalue weighted by atomic mass is 16.3. The van der Waals surface area contributed by atoms with Crippen LogP contribution in [0.2, 0.25) is 0 Å². The number of carbonyl (C=O) groups is 1. The first-order chi connectivity index (χ1) is 7.27. The van der Waals surface area contributed by atoms with Gasteiger partial charge in [-0.1, -0.05) is 6.07 Å². The van der Waals surface area contributed by atoms with E-state index in [-0.39, 0.29) is 11.9 Å². The molecule has 0 spiro atoms. The molecule has 80 valence electrons. The van der Waals surface area contributed by atoms with Crippen LogP contribution in [-0.4, -0.2) is 41.2 Å². The van der Waals surface area contributed by atoms with E-state index in [1.54, 1.807) is 24.4 Å². The quantitative estimate of drug-likeness (QED) is 0.590. The van der Waals surface area contributed by atoms with E-state index < -0.39 is 6.10 Å². The maximum atomic E-state index is 11.6. The molecule has 0 radical (unpaired) electrons. The second kappa shape index (κ2) is 4.37. The number of carbonyl (C=O) groups excluding carboxylic acids is 1. The van der Waals surface area contributed by atoms with Gasteiger partial charge in [-0.15, -0.1) is 0 Å². The summed E-state index contributed by atoms with van der Waals surface area (Å²) in [5.74, 6) is -0.247. The van der Waals surface area contributed by atoms with Crippen molar-refractivity contribution in [3.8, 4) is 0 Å². The topological polar surface area (TPSA) is 74.2 Å². The Morgan fingerprint density at radius 1 is 1.53 bits per heavy atom. The number of nitrogens with zero attached hydrogens (tertiary/aromatic N) is 1. The molecule has 2 heterocycles. The van der Waals surface area contributed by atoms with Gasteiger partial charge in [0.15, 0.2) is 0 Å². The highest BCUT2D eigenvalue weighted by Crippen LogP contribution is 2.01. The van der Waals surface area contributed by atoms with Crippen LogP contribution in [0.5, 0.6) is 0 Å². The summed E-state index contributed by atoms with van der Waals surface area (Å²) in [5, 5.41) is 15.2. The Morgan fingerprint density at radius 2 is 2.40 bits per heavy atom. The van der Waals surface area contributed by atoms with Gasteiger partial charge in [-0.05, 0) is 12.1 Å². The fourth-order valence-electron chi connectivity index (χ4n) is 1.55. The summed E-state index contributed by atoms with van der Waals surface area (Å²) in [6.07, 6.45) is 1.05. The Morgan fingerprint density at radius 3 is 3.00 bits per heavy atom. The second-order valence-electron chi connectivity index (χ2n) is 3.52. The molecule has 3 N–H and O–H groups in total. The lowest BCUT2D eigenvalue weighted by atomic mass is 10.2. The zero-order valence-corrected chi connectivity index (χ0v) is 8.18. The van der Waals surface area contributed by atoms with E-state index in [1.165, 1.54) is 0 Å². The van der Waals surface area contributed by atoms with Gasteiger partial charge in [0, 0.05) is 19.3 Å². The molecular weight excluding hydrogens is 194 g/mol. The summed E-state index contributed by atoms with van der Waals surface area (Å²) in [7, 11) is 0. The molecule has 0 aliphatic carbocycles. The first kappa shape index (κ1) is 10.1. The molecule has 1 aromatic rings. The summed E-state index contributed by atoms with van der Waals surface area (Å²) in [6.45, 7) is 1.12. The molecular formula is C10H13N3O2. The van der Waals surface area contributed by atoms with Gasteiger partial charge in [0.2, 0.25) is 0 Å². The molecule has 1 aliphatic heterocycles. The van der Waals surface area contributed by atoms with E-state index in [0.29, 0.717) is 18.8 Å². The molecule has 2 rings (SSSR count). The molecule has 5 heteroatoms. The van der Waals surface area contributed by atoms with Crippen LogP contribution in [0.4, 0.5) is 0 Å². The number of aromatic nitrogens is 1. The van der Waals surface area contributed by atoms with Crippen molar-refractivity contribution >= 4 is 5.91 Å². The number of aliphatic hydroxyl groups is 1. The fourth-order valence-corrected chi connectivity index (χ4v) is 1.55. The average Bonchev–Trinajstić information content (AvgIpc) is 2.66. The molecule has 1 fully saturated rings. The molecule has 0 unspecified atom stereocenters. The van der Waals surface area contributed by atoms with E-state index in [2.05, 4.69) is 15.6 Å². The first-order valence-electron chi connectivity index (χ1n) is 4.88.